The zero-order chi connectivity index (χ0) is 5.11. The van der Waals surface area contributed by atoms with Gasteiger partial charge in [-0.3, -0.25) is 4.72 Å². The molecule has 0 aromatic carbocycles. The predicted molar refractivity (Wildman–Crippen MR) is 29.6 cm³/mol. The van der Waals surface area contributed by atoms with E-state index >= 15 is 0 Å². The van der Waals surface area contributed by atoms with Gasteiger partial charge >= 0.3 is 0 Å². The highest BCUT2D eigenvalue weighted by molar-refractivity contribution is 7.97. The van der Waals surface area contributed by atoms with Crippen molar-refractivity contribution in [3.8, 4) is 0 Å². The molecule has 0 aromatic rings. The summed E-state index contributed by atoms with van der Waals surface area (Å²) in [6.45, 7) is 0.888. The second-order valence-electron chi connectivity index (χ2n) is 1.62. The van der Waals surface area contributed by atoms with Gasteiger partial charge in [0.2, 0.25) is 0 Å². The van der Waals surface area contributed by atoms with Crippen molar-refractivity contribution in [3.63, 3.8) is 0 Å². The minimum absolute atomic E-state index is 0.314. The molecule has 1 N–H and O–H groups in total. The average Bonchev–Trinajstić information content (AvgIpc) is 1.69. The maximum atomic E-state index is 10.5. The molecule has 0 aliphatic carbocycles. The minimum Gasteiger partial charge on any atom is -0.264 e. The van der Waals surface area contributed by atoms with Crippen LogP contribution in [0.1, 0.15) is 6.42 Å². The Kier molecular flexibility index (Phi) is 1.97. The van der Waals surface area contributed by atoms with Crippen molar-refractivity contribution >= 4 is 11.9 Å². The molecule has 0 bridgehead atoms. The summed E-state index contributed by atoms with van der Waals surface area (Å²) in [5.41, 5.74) is 0. The van der Waals surface area contributed by atoms with Gasteiger partial charge in [-0.05, 0) is 6.42 Å². The largest absolute Gasteiger partial charge is 0.264 e. The molecule has 1 atom stereocenters. The highest BCUT2D eigenvalue weighted by Crippen LogP contribution is 2.06. The van der Waals surface area contributed by atoms with Crippen LogP contribution in [-0.4, -0.2) is 18.4 Å². The summed E-state index contributed by atoms with van der Waals surface area (Å²) < 4.78 is 3.03. The monoisotopic (exact) mass is 118 g/mol. The second kappa shape index (κ2) is 2.55. The van der Waals surface area contributed by atoms with Crippen LogP contribution in [0.25, 0.3) is 0 Å². The summed E-state index contributed by atoms with van der Waals surface area (Å²) >= 11 is 1.54. The molecule has 1 saturated heterocycles. The summed E-state index contributed by atoms with van der Waals surface area (Å²) in [5.74, 6) is 0.736. The van der Waals surface area contributed by atoms with Gasteiger partial charge in [0, 0.05) is 12.3 Å². The van der Waals surface area contributed by atoms with Gasteiger partial charge in [0.1, 0.15) is 6.10 Å². The summed E-state index contributed by atoms with van der Waals surface area (Å²) in [6, 6.07) is 0. The third-order valence-corrected chi connectivity index (χ3v) is 1.89. The first-order valence-electron chi connectivity index (χ1n) is 2.40. The molecular formula is C4H8NOS. The van der Waals surface area contributed by atoms with E-state index in [4.69, 9.17) is 0 Å². The average molecular weight is 118 g/mol. The van der Waals surface area contributed by atoms with Gasteiger partial charge in [-0.1, -0.05) is 11.9 Å². The third-order valence-electron chi connectivity index (χ3n) is 0.940. The molecule has 1 unspecified atom stereocenters. The van der Waals surface area contributed by atoms with Gasteiger partial charge in [0.15, 0.2) is 0 Å². The molecule has 2 nitrogen and oxygen atoms in total. The van der Waals surface area contributed by atoms with Crippen molar-refractivity contribution in [2.45, 2.75) is 12.5 Å². The molecule has 1 heterocycles. The van der Waals surface area contributed by atoms with E-state index < -0.39 is 0 Å². The summed E-state index contributed by atoms with van der Waals surface area (Å²) in [6.07, 6.45) is 0.485. The lowest BCUT2D eigenvalue weighted by Gasteiger charge is -2.13. The van der Waals surface area contributed by atoms with Crippen LogP contribution in [0.4, 0.5) is 0 Å². The van der Waals surface area contributed by atoms with E-state index in [1.165, 1.54) is 0 Å². The molecule has 0 aromatic heterocycles. The number of hydrogen-bond acceptors (Lipinski definition) is 2. The molecule has 7 heavy (non-hydrogen) atoms. The van der Waals surface area contributed by atoms with E-state index in [1.807, 2.05) is 0 Å². The van der Waals surface area contributed by atoms with Crippen LogP contribution in [0.5, 0.6) is 0 Å². The Bertz CT molecular complexity index is 53.7. The molecule has 0 amide bonds. The topological polar surface area (TPSA) is 31.9 Å². The van der Waals surface area contributed by atoms with Gasteiger partial charge in [0.25, 0.3) is 0 Å². The first-order chi connectivity index (χ1) is 3.39. The van der Waals surface area contributed by atoms with Crippen molar-refractivity contribution in [3.05, 3.63) is 0 Å². The number of nitrogens with one attached hydrogen (secondary N) is 1. The number of rotatable bonds is 0. The lowest BCUT2D eigenvalue weighted by Crippen LogP contribution is -2.24. The highest BCUT2D eigenvalue weighted by Gasteiger charge is 2.09. The Balaban J connectivity index is 2.12. The lowest BCUT2D eigenvalue weighted by atomic mass is 10.3. The van der Waals surface area contributed by atoms with Crippen molar-refractivity contribution in [1.29, 1.82) is 0 Å². The fourth-order valence-corrected chi connectivity index (χ4v) is 1.26. The van der Waals surface area contributed by atoms with Gasteiger partial charge in [-0.15, -0.1) is 0 Å². The van der Waals surface area contributed by atoms with Crippen LogP contribution in [0, 0.1) is 0 Å². The van der Waals surface area contributed by atoms with E-state index in [9.17, 15) is 5.11 Å². The third kappa shape index (κ3) is 1.67. The molecule has 3 heteroatoms. The van der Waals surface area contributed by atoms with E-state index in [0.29, 0.717) is 0 Å². The Morgan fingerprint density at radius 3 is 2.86 bits per heavy atom. The SMILES string of the molecule is [O]C1CCNSC1. The van der Waals surface area contributed by atoms with E-state index in [-0.39, 0.29) is 6.10 Å². The maximum Gasteiger partial charge on any atom is 0.104 e. The van der Waals surface area contributed by atoms with Crippen molar-refractivity contribution < 1.29 is 5.11 Å². The standard InChI is InChI=1S/C4H8NOS/c6-4-1-2-5-7-3-4/h4-5H,1-3H2. The molecular weight excluding hydrogens is 110 g/mol. The molecule has 1 radical (unpaired) electrons. The fourth-order valence-electron chi connectivity index (χ4n) is 0.527. The van der Waals surface area contributed by atoms with Crippen molar-refractivity contribution in [2.75, 3.05) is 12.3 Å². The van der Waals surface area contributed by atoms with Gasteiger partial charge in [0.05, 0.1) is 0 Å². The van der Waals surface area contributed by atoms with Gasteiger partial charge in [-0.25, -0.2) is 5.11 Å². The Morgan fingerprint density at radius 1 is 1.71 bits per heavy atom. The minimum atomic E-state index is -0.314. The van der Waals surface area contributed by atoms with Crippen LogP contribution in [0.2, 0.25) is 0 Å². The summed E-state index contributed by atoms with van der Waals surface area (Å²) in [4.78, 5) is 0. The predicted octanol–water partition coefficient (Wildman–Crippen LogP) is 0.427. The molecule has 1 fully saturated rings. The first-order valence-corrected chi connectivity index (χ1v) is 3.38. The van der Waals surface area contributed by atoms with Crippen LogP contribution in [0.15, 0.2) is 0 Å². The van der Waals surface area contributed by atoms with Crippen LogP contribution in [-0.2, 0) is 5.11 Å². The van der Waals surface area contributed by atoms with Crippen molar-refractivity contribution in [1.82, 2.24) is 4.72 Å². The lowest BCUT2D eigenvalue weighted by molar-refractivity contribution is 0.100. The Hall–Kier alpha value is 0.270. The molecule has 0 saturated carbocycles. The molecule has 1 aliphatic rings. The quantitative estimate of drug-likeness (QED) is 0.468. The van der Waals surface area contributed by atoms with Crippen LogP contribution < -0.4 is 4.72 Å². The zero-order valence-corrected chi connectivity index (χ0v) is 4.83. The van der Waals surface area contributed by atoms with Gasteiger partial charge < -0.3 is 0 Å². The highest BCUT2D eigenvalue weighted by atomic mass is 32.2. The van der Waals surface area contributed by atoms with Gasteiger partial charge in [-0.2, -0.15) is 0 Å². The Labute approximate surface area is 47.4 Å². The normalized spacial score (nSPS) is 33.0. The molecule has 1 rings (SSSR count). The van der Waals surface area contributed by atoms with E-state index in [0.717, 1.165) is 18.7 Å². The van der Waals surface area contributed by atoms with E-state index in [1.54, 1.807) is 11.9 Å². The van der Waals surface area contributed by atoms with Crippen molar-refractivity contribution in [2.24, 2.45) is 0 Å². The van der Waals surface area contributed by atoms with Crippen LogP contribution >= 0.6 is 11.9 Å². The van der Waals surface area contributed by atoms with Crippen LogP contribution in [0.3, 0.4) is 0 Å². The van der Waals surface area contributed by atoms with E-state index in [2.05, 4.69) is 4.72 Å². The summed E-state index contributed by atoms with van der Waals surface area (Å²) in [7, 11) is 0. The molecule has 1 aliphatic heterocycles. The maximum absolute atomic E-state index is 10.5. The fraction of sp³-hybridized carbons (Fsp3) is 1.00. The second-order valence-corrected chi connectivity index (χ2v) is 2.53. The molecule has 0 spiro atoms. The summed E-state index contributed by atoms with van der Waals surface area (Å²) in [5, 5.41) is 10.5. The molecule has 41 valence electrons. The Morgan fingerprint density at radius 2 is 2.57 bits per heavy atom. The smallest absolute Gasteiger partial charge is 0.104 e. The zero-order valence-electron chi connectivity index (χ0n) is 4.02. The first kappa shape index (κ1) is 5.41. The number of hydrogen-bond donors (Lipinski definition) is 1.